The molecule has 2 N–H and O–H groups in total. The third kappa shape index (κ3) is 3.69. The van der Waals surface area contributed by atoms with Crippen molar-refractivity contribution < 1.29 is 4.74 Å². The fourth-order valence-corrected chi connectivity index (χ4v) is 3.06. The van der Waals surface area contributed by atoms with Crippen LogP contribution in [0.2, 0.25) is 0 Å². The molecule has 18 heavy (non-hydrogen) atoms. The van der Waals surface area contributed by atoms with Crippen molar-refractivity contribution in [2.24, 2.45) is 17.6 Å². The van der Waals surface area contributed by atoms with Gasteiger partial charge in [-0.05, 0) is 31.2 Å². The summed E-state index contributed by atoms with van der Waals surface area (Å²) in [5.74, 6) is 1.27. The van der Waals surface area contributed by atoms with Crippen LogP contribution in [0.3, 0.4) is 0 Å². The van der Waals surface area contributed by atoms with Gasteiger partial charge in [0, 0.05) is 25.2 Å². The van der Waals surface area contributed by atoms with E-state index >= 15 is 0 Å². The van der Waals surface area contributed by atoms with Crippen molar-refractivity contribution in [3.63, 3.8) is 0 Å². The van der Waals surface area contributed by atoms with Gasteiger partial charge in [-0.3, -0.25) is 4.90 Å². The van der Waals surface area contributed by atoms with E-state index in [2.05, 4.69) is 39.5 Å². The summed E-state index contributed by atoms with van der Waals surface area (Å²) in [7, 11) is 0. The molecule has 2 unspecified atom stereocenters. The lowest BCUT2D eigenvalue weighted by Gasteiger charge is -2.49. The number of hydrogen-bond donors (Lipinski definition) is 1. The Morgan fingerprint density at radius 2 is 2.00 bits per heavy atom. The molecule has 1 rings (SSSR count). The Morgan fingerprint density at radius 1 is 1.33 bits per heavy atom. The van der Waals surface area contributed by atoms with Crippen molar-refractivity contribution in [1.82, 2.24) is 4.90 Å². The lowest BCUT2D eigenvalue weighted by Crippen LogP contribution is -2.59. The molecule has 1 aliphatic rings. The van der Waals surface area contributed by atoms with E-state index in [1.165, 1.54) is 0 Å². The van der Waals surface area contributed by atoms with Crippen molar-refractivity contribution >= 4 is 0 Å². The highest BCUT2D eigenvalue weighted by Crippen LogP contribution is 2.33. The summed E-state index contributed by atoms with van der Waals surface area (Å²) in [4.78, 5) is 2.59. The second-order valence-corrected chi connectivity index (χ2v) is 6.47. The standard InChI is InChI=1S/C15H32N2O/c1-6-17(10-12(2)3)15(11-16)7-8-18-14(9-15)13(4)5/h12-14H,6-11,16H2,1-5H3. The van der Waals surface area contributed by atoms with E-state index in [4.69, 9.17) is 10.5 Å². The highest BCUT2D eigenvalue weighted by Gasteiger charge is 2.41. The molecule has 108 valence electrons. The molecule has 0 spiro atoms. The van der Waals surface area contributed by atoms with Gasteiger partial charge in [0.1, 0.15) is 0 Å². The smallest absolute Gasteiger partial charge is 0.0616 e. The van der Waals surface area contributed by atoms with Gasteiger partial charge in [-0.25, -0.2) is 0 Å². The summed E-state index contributed by atoms with van der Waals surface area (Å²) in [6.07, 6.45) is 2.53. The van der Waals surface area contributed by atoms with Gasteiger partial charge in [-0.15, -0.1) is 0 Å². The van der Waals surface area contributed by atoms with Crippen LogP contribution in [0.25, 0.3) is 0 Å². The highest BCUT2D eigenvalue weighted by molar-refractivity contribution is 4.97. The van der Waals surface area contributed by atoms with Crippen LogP contribution >= 0.6 is 0 Å². The molecule has 0 bridgehead atoms. The van der Waals surface area contributed by atoms with Gasteiger partial charge in [0.2, 0.25) is 0 Å². The van der Waals surface area contributed by atoms with Crippen molar-refractivity contribution in [3.05, 3.63) is 0 Å². The molecule has 1 heterocycles. The van der Waals surface area contributed by atoms with Gasteiger partial charge in [-0.1, -0.05) is 34.6 Å². The Kier molecular flexibility index (Phi) is 6.09. The third-order valence-electron chi connectivity index (χ3n) is 4.24. The topological polar surface area (TPSA) is 38.5 Å². The molecule has 1 fully saturated rings. The Hall–Kier alpha value is -0.120. The minimum atomic E-state index is 0.159. The Bertz CT molecular complexity index is 243. The van der Waals surface area contributed by atoms with E-state index in [0.717, 1.165) is 39.1 Å². The molecule has 0 aliphatic carbocycles. The molecule has 0 saturated carbocycles. The van der Waals surface area contributed by atoms with E-state index in [1.54, 1.807) is 0 Å². The quantitative estimate of drug-likeness (QED) is 0.793. The number of hydrogen-bond acceptors (Lipinski definition) is 3. The van der Waals surface area contributed by atoms with Crippen molar-refractivity contribution in [3.8, 4) is 0 Å². The van der Waals surface area contributed by atoms with Gasteiger partial charge in [-0.2, -0.15) is 0 Å². The highest BCUT2D eigenvalue weighted by atomic mass is 16.5. The fourth-order valence-electron chi connectivity index (χ4n) is 3.06. The van der Waals surface area contributed by atoms with Gasteiger partial charge < -0.3 is 10.5 Å². The van der Waals surface area contributed by atoms with Crippen LogP contribution in [0.4, 0.5) is 0 Å². The molecule has 0 radical (unpaired) electrons. The summed E-state index contributed by atoms with van der Waals surface area (Å²) in [5.41, 5.74) is 6.31. The average molecular weight is 256 g/mol. The third-order valence-corrected chi connectivity index (χ3v) is 4.24. The maximum absolute atomic E-state index is 6.16. The molecule has 0 aromatic rings. The van der Waals surface area contributed by atoms with Gasteiger partial charge in [0.25, 0.3) is 0 Å². The number of nitrogens with zero attached hydrogens (tertiary/aromatic N) is 1. The summed E-state index contributed by atoms with van der Waals surface area (Å²) in [5, 5.41) is 0. The summed E-state index contributed by atoms with van der Waals surface area (Å²) >= 11 is 0. The second kappa shape index (κ2) is 6.88. The molecular formula is C15H32N2O. The van der Waals surface area contributed by atoms with Gasteiger partial charge in [0.05, 0.1) is 6.10 Å². The molecule has 0 aromatic heterocycles. The van der Waals surface area contributed by atoms with Crippen LogP contribution in [0.1, 0.15) is 47.5 Å². The van der Waals surface area contributed by atoms with E-state index in [-0.39, 0.29) is 5.54 Å². The van der Waals surface area contributed by atoms with E-state index < -0.39 is 0 Å². The zero-order valence-corrected chi connectivity index (χ0v) is 12.9. The zero-order chi connectivity index (χ0) is 13.8. The molecule has 2 atom stereocenters. The second-order valence-electron chi connectivity index (χ2n) is 6.47. The first-order valence-corrected chi connectivity index (χ1v) is 7.52. The number of likely N-dealkylation sites (N-methyl/N-ethyl adjacent to an activating group) is 1. The van der Waals surface area contributed by atoms with Gasteiger partial charge in [0.15, 0.2) is 0 Å². The van der Waals surface area contributed by atoms with Gasteiger partial charge >= 0.3 is 0 Å². The monoisotopic (exact) mass is 256 g/mol. The molecule has 0 aromatic carbocycles. The number of nitrogens with two attached hydrogens (primary N) is 1. The lowest BCUT2D eigenvalue weighted by molar-refractivity contribution is -0.0887. The van der Waals surface area contributed by atoms with Crippen LogP contribution in [-0.4, -0.2) is 42.8 Å². The zero-order valence-electron chi connectivity index (χ0n) is 12.9. The van der Waals surface area contributed by atoms with E-state index in [0.29, 0.717) is 17.9 Å². The SMILES string of the molecule is CCN(CC(C)C)C1(CN)CCOC(C(C)C)C1. The predicted molar refractivity (Wildman–Crippen MR) is 77.7 cm³/mol. The normalized spacial score (nSPS) is 29.5. The van der Waals surface area contributed by atoms with Crippen molar-refractivity contribution in [1.29, 1.82) is 0 Å². The minimum absolute atomic E-state index is 0.159. The van der Waals surface area contributed by atoms with Crippen LogP contribution in [-0.2, 0) is 4.74 Å². The van der Waals surface area contributed by atoms with Crippen LogP contribution < -0.4 is 5.73 Å². The minimum Gasteiger partial charge on any atom is -0.378 e. The first kappa shape index (κ1) is 15.9. The Balaban J connectivity index is 2.81. The molecule has 1 saturated heterocycles. The first-order valence-electron chi connectivity index (χ1n) is 7.52. The van der Waals surface area contributed by atoms with E-state index in [1.807, 2.05) is 0 Å². The largest absolute Gasteiger partial charge is 0.378 e. The molecular weight excluding hydrogens is 224 g/mol. The molecule has 3 nitrogen and oxygen atoms in total. The maximum Gasteiger partial charge on any atom is 0.0616 e. The number of rotatable bonds is 6. The van der Waals surface area contributed by atoms with Crippen LogP contribution in [0.5, 0.6) is 0 Å². The predicted octanol–water partition coefficient (Wildman–Crippen LogP) is 2.50. The number of ether oxygens (including phenoxy) is 1. The Morgan fingerprint density at radius 3 is 2.44 bits per heavy atom. The Labute approximate surface area is 113 Å². The van der Waals surface area contributed by atoms with Crippen LogP contribution in [0, 0.1) is 11.8 Å². The maximum atomic E-state index is 6.16. The summed E-state index contributed by atoms with van der Waals surface area (Å²) in [6.45, 7) is 15.1. The average Bonchev–Trinajstić information content (AvgIpc) is 2.35. The molecule has 0 amide bonds. The molecule has 1 aliphatic heterocycles. The molecule has 3 heteroatoms. The fraction of sp³-hybridized carbons (Fsp3) is 1.00. The van der Waals surface area contributed by atoms with Crippen LogP contribution in [0.15, 0.2) is 0 Å². The van der Waals surface area contributed by atoms with Crippen molar-refractivity contribution in [2.45, 2.75) is 59.1 Å². The van der Waals surface area contributed by atoms with Crippen molar-refractivity contribution in [2.75, 3.05) is 26.2 Å². The summed E-state index contributed by atoms with van der Waals surface area (Å²) < 4.78 is 5.91. The summed E-state index contributed by atoms with van der Waals surface area (Å²) in [6, 6.07) is 0. The first-order chi connectivity index (χ1) is 8.45. The van der Waals surface area contributed by atoms with E-state index in [9.17, 15) is 0 Å². The lowest BCUT2D eigenvalue weighted by atomic mass is 9.81.